The second-order valence-corrected chi connectivity index (χ2v) is 8.05. The largest absolute Gasteiger partial charge is 0.462 e. The molecule has 1 heterocycles. The first kappa shape index (κ1) is 23.3. The highest BCUT2D eigenvalue weighted by atomic mass is 16.5. The van der Waals surface area contributed by atoms with Gasteiger partial charge in [-0.05, 0) is 55.3 Å². The summed E-state index contributed by atoms with van der Waals surface area (Å²) in [5, 5.41) is 9.78. The summed E-state index contributed by atoms with van der Waals surface area (Å²) in [6.07, 6.45) is 1.10. The van der Waals surface area contributed by atoms with Gasteiger partial charge in [-0.3, -0.25) is 4.79 Å². The molecule has 3 N–H and O–H groups in total. The Labute approximate surface area is 200 Å². The molecule has 0 aliphatic carbocycles. The quantitative estimate of drug-likeness (QED) is 0.232. The Balaban J connectivity index is 1.70. The van der Waals surface area contributed by atoms with E-state index in [9.17, 15) is 9.59 Å². The molecule has 0 aromatic heterocycles. The van der Waals surface area contributed by atoms with Crippen LogP contribution < -0.4 is 16.0 Å². The van der Waals surface area contributed by atoms with Crippen LogP contribution in [0.1, 0.15) is 47.3 Å². The molecule has 0 radical (unpaired) electrons. The summed E-state index contributed by atoms with van der Waals surface area (Å²) in [7, 11) is 0. The lowest BCUT2D eigenvalue weighted by atomic mass is 9.99. The van der Waals surface area contributed by atoms with E-state index in [2.05, 4.69) is 35.0 Å². The van der Waals surface area contributed by atoms with Crippen LogP contribution in [0.2, 0.25) is 0 Å². The third-order valence-electron chi connectivity index (χ3n) is 5.57. The summed E-state index contributed by atoms with van der Waals surface area (Å²) in [4.78, 5) is 25.3. The van der Waals surface area contributed by atoms with Crippen LogP contribution in [0.3, 0.4) is 0 Å². The standard InChI is InChI=1S/C28H29N3O3/c1-3-16-29-18-19-10-13-22(14-11-19)30-26(20-8-6-5-7-9-20)25-23-15-12-21(28(33)34-4-2)17-24(23)31-27(25)32/h5-15,17,29-30H,3-4,16,18H2,1-2H3,(H,31,32). The fourth-order valence-corrected chi connectivity index (χ4v) is 3.91. The molecule has 3 aromatic rings. The molecule has 1 aliphatic rings. The Morgan fingerprint density at radius 2 is 1.71 bits per heavy atom. The molecule has 0 saturated heterocycles. The summed E-state index contributed by atoms with van der Waals surface area (Å²) in [5.41, 5.74) is 5.96. The molecule has 3 aromatic carbocycles. The molecule has 0 bridgehead atoms. The van der Waals surface area contributed by atoms with Gasteiger partial charge in [-0.15, -0.1) is 0 Å². The fraction of sp³-hybridized carbons (Fsp3) is 0.214. The summed E-state index contributed by atoms with van der Waals surface area (Å²) in [6.45, 7) is 6.01. The van der Waals surface area contributed by atoms with Crippen LogP contribution >= 0.6 is 0 Å². The van der Waals surface area contributed by atoms with E-state index < -0.39 is 5.97 Å². The van der Waals surface area contributed by atoms with Crippen LogP contribution in [-0.2, 0) is 16.1 Å². The van der Waals surface area contributed by atoms with Gasteiger partial charge in [0.15, 0.2) is 0 Å². The van der Waals surface area contributed by atoms with E-state index in [1.165, 1.54) is 5.56 Å². The Morgan fingerprint density at radius 3 is 2.41 bits per heavy atom. The van der Waals surface area contributed by atoms with E-state index in [4.69, 9.17) is 4.74 Å². The van der Waals surface area contributed by atoms with Crippen molar-refractivity contribution in [3.8, 4) is 0 Å². The van der Waals surface area contributed by atoms with Crippen molar-refractivity contribution in [2.45, 2.75) is 26.8 Å². The predicted molar refractivity (Wildman–Crippen MR) is 136 cm³/mol. The Hall–Kier alpha value is -3.90. The minimum atomic E-state index is -0.410. The number of ether oxygens (including phenoxy) is 1. The predicted octanol–water partition coefficient (Wildman–Crippen LogP) is 5.30. The van der Waals surface area contributed by atoms with Crippen molar-refractivity contribution in [1.29, 1.82) is 0 Å². The van der Waals surface area contributed by atoms with Crippen LogP contribution in [0.15, 0.2) is 72.8 Å². The van der Waals surface area contributed by atoms with E-state index in [1.807, 2.05) is 42.5 Å². The molecule has 0 fully saturated rings. The molecular weight excluding hydrogens is 426 g/mol. The monoisotopic (exact) mass is 455 g/mol. The van der Waals surface area contributed by atoms with Crippen LogP contribution in [0, 0.1) is 0 Å². The van der Waals surface area contributed by atoms with Crippen molar-refractivity contribution < 1.29 is 14.3 Å². The maximum absolute atomic E-state index is 13.1. The van der Waals surface area contributed by atoms with Gasteiger partial charge >= 0.3 is 5.97 Å². The zero-order valence-corrected chi connectivity index (χ0v) is 19.5. The van der Waals surface area contributed by atoms with Gasteiger partial charge in [0.05, 0.1) is 29.1 Å². The molecule has 174 valence electrons. The molecule has 0 saturated carbocycles. The molecule has 6 heteroatoms. The van der Waals surface area contributed by atoms with E-state index in [0.717, 1.165) is 36.3 Å². The van der Waals surface area contributed by atoms with Crippen LogP contribution in [-0.4, -0.2) is 25.0 Å². The van der Waals surface area contributed by atoms with Crippen molar-refractivity contribution >= 4 is 34.5 Å². The van der Waals surface area contributed by atoms with Crippen molar-refractivity contribution in [2.24, 2.45) is 0 Å². The van der Waals surface area contributed by atoms with Gasteiger partial charge in [-0.2, -0.15) is 0 Å². The molecule has 0 atom stereocenters. The number of esters is 1. The van der Waals surface area contributed by atoms with Crippen molar-refractivity contribution in [2.75, 3.05) is 23.8 Å². The summed E-state index contributed by atoms with van der Waals surface area (Å²) in [5.74, 6) is -0.630. The number of hydrogen-bond acceptors (Lipinski definition) is 5. The Bertz CT molecular complexity index is 1200. The number of anilines is 2. The fourth-order valence-electron chi connectivity index (χ4n) is 3.91. The van der Waals surface area contributed by atoms with Crippen LogP contribution in [0.25, 0.3) is 11.3 Å². The lowest BCUT2D eigenvalue weighted by molar-refractivity contribution is -0.110. The van der Waals surface area contributed by atoms with Gasteiger partial charge in [0, 0.05) is 17.8 Å². The van der Waals surface area contributed by atoms with Gasteiger partial charge < -0.3 is 20.7 Å². The van der Waals surface area contributed by atoms with Crippen molar-refractivity contribution in [1.82, 2.24) is 5.32 Å². The van der Waals surface area contributed by atoms with E-state index >= 15 is 0 Å². The smallest absolute Gasteiger partial charge is 0.338 e. The van der Waals surface area contributed by atoms with Crippen molar-refractivity contribution in [3.63, 3.8) is 0 Å². The van der Waals surface area contributed by atoms with Gasteiger partial charge in [-0.1, -0.05) is 55.5 Å². The highest BCUT2D eigenvalue weighted by Gasteiger charge is 2.29. The SMILES string of the molecule is CCCNCc1ccc(NC(=C2C(=O)Nc3cc(C(=O)OCC)ccc32)c2ccccc2)cc1. The average molecular weight is 456 g/mol. The number of carbonyl (C=O) groups is 2. The first-order valence-electron chi connectivity index (χ1n) is 11.6. The maximum Gasteiger partial charge on any atom is 0.338 e. The summed E-state index contributed by atoms with van der Waals surface area (Å²) in [6, 6.07) is 23.1. The van der Waals surface area contributed by atoms with E-state index in [1.54, 1.807) is 25.1 Å². The molecule has 6 nitrogen and oxygen atoms in total. The molecule has 1 amide bonds. The number of hydrogen-bond donors (Lipinski definition) is 3. The Kier molecular flexibility index (Phi) is 7.40. The Morgan fingerprint density at radius 1 is 0.941 bits per heavy atom. The van der Waals surface area contributed by atoms with E-state index in [-0.39, 0.29) is 5.91 Å². The second kappa shape index (κ2) is 10.8. The summed E-state index contributed by atoms with van der Waals surface area (Å²) < 4.78 is 5.10. The first-order chi connectivity index (χ1) is 16.6. The van der Waals surface area contributed by atoms with Crippen LogP contribution in [0.4, 0.5) is 11.4 Å². The van der Waals surface area contributed by atoms with Crippen LogP contribution in [0.5, 0.6) is 0 Å². The second-order valence-electron chi connectivity index (χ2n) is 8.05. The number of benzene rings is 3. The minimum Gasteiger partial charge on any atom is -0.462 e. The highest BCUT2D eigenvalue weighted by molar-refractivity contribution is 6.37. The number of rotatable bonds is 9. The molecule has 34 heavy (non-hydrogen) atoms. The summed E-state index contributed by atoms with van der Waals surface area (Å²) >= 11 is 0. The lowest BCUT2D eigenvalue weighted by Gasteiger charge is -2.15. The zero-order valence-electron chi connectivity index (χ0n) is 19.5. The molecule has 0 spiro atoms. The lowest BCUT2D eigenvalue weighted by Crippen LogP contribution is -2.13. The van der Waals surface area contributed by atoms with Gasteiger partial charge in [0.1, 0.15) is 0 Å². The minimum absolute atomic E-state index is 0.220. The average Bonchev–Trinajstić information content (AvgIpc) is 3.19. The van der Waals surface area contributed by atoms with Gasteiger partial charge in [0.2, 0.25) is 0 Å². The number of carbonyl (C=O) groups excluding carboxylic acids is 2. The molecule has 4 rings (SSSR count). The number of nitrogens with one attached hydrogen (secondary N) is 3. The normalized spacial score (nSPS) is 13.8. The zero-order chi connectivity index (χ0) is 23.9. The number of amides is 1. The maximum atomic E-state index is 13.1. The third-order valence-corrected chi connectivity index (χ3v) is 5.57. The third kappa shape index (κ3) is 5.18. The number of fused-ring (bicyclic) bond motifs is 1. The highest BCUT2D eigenvalue weighted by Crippen LogP contribution is 2.38. The first-order valence-corrected chi connectivity index (χ1v) is 11.6. The van der Waals surface area contributed by atoms with E-state index in [0.29, 0.717) is 29.1 Å². The molecule has 0 unspecified atom stereocenters. The topological polar surface area (TPSA) is 79.5 Å². The van der Waals surface area contributed by atoms with Gasteiger partial charge in [0.25, 0.3) is 5.91 Å². The molecule has 1 aliphatic heterocycles. The molecular formula is C28H29N3O3. The van der Waals surface area contributed by atoms with Gasteiger partial charge in [-0.25, -0.2) is 4.79 Å². The van der Waals surface area contributed by atoms with Crippen molar-refractivity contribution in [3.05, 3.63) is 95.1 Å².